The summed E-state index contributed by atoms with van der Waals surface area (Å²) < 4.78 is 42.0. The van der Waals surface area contributed by atoms with Gasteiger partial charge in [-0.15, -0.1) is 0 Å². The summed E-state index contributed by atoms with van der Waals surface area (Å²) in [6, 6.07) is 11.9. The molecular weight excluding hydrogens is 528 g/mol. The molecule has 0 saturated heterocycles. The number of halogens is 2. The first-order valence-electron chi connectivity index (χ1n) is 13.3. The molecule has 0 amide bonds. The van der Waals surface area contributed by atoms with Crippen molar-refractivity contribution in [3.8, 4) is 17.3 Å². The Morgan fingerprint density at radius 3 is 2.63 bits per heavy atom. The first kappa shape index (κ1) is 26.7. The van der Waals surface area contributed by atoms with E-state index >= 15 is 8.78 Å². The van der Waals surface area contributed by atoms with Gasteiger partial charge in [-0.25, -0.2) is 18.7 Å². The standard InChI is InChI=1S/C30H29F2N7O2/c1-17-13-34-18(2)10-25(17)35-29-21-14-33-15-26(21)36-30(37-29)28-20-6-4-5-7-27(20)39(38-28)16-22-23(31)11-19(12-24(22)32)41-9-8-40-3/h4-7,10-13,33H,8-9,14-16H2,1-3H3,(H,34,35,36,37). The summed E-state index contributed by atoms with van der Waals surface area (Å²) in [5.74, 6) is -0.216. The van der Waals surface area contributed by atoms with Gasteiger partial charge in [0.2, 0.25) is 0 Å². The summed E-state index contributed by atoms with van der Waals surface area (Å²) in [6.07, 6.45) is 1.82. The van der Waals surface area contributed by atoms with Crippen molar-refractivity contribution in [1.29, 1.82) is 0 Å². The van der Waals surface area contributed by atoms with Crippen LogP contribution in [0.3, 0.4) is 0 Å². The molecule has 4 heterocycles. The largest absolute Gasteiger partial charge is 0.491 e. The smallest absolute Gasteiger partial charge is 0.183 e. The third kappa shape index (κ3) is 5.33. The van der Waals surface area contributed by atoms with Gasteiger partial charge in [0, 0.05) is 66.4 Å². The van der Waals surface area contributed by atoms with Crippen LogP contribution in [0.25, 0.3) is 22.4 Å². The van der Waals surface area contributed by atoms with Gasteiger partial charge in [0.25, 0.3) is 0 Å². The van der Waals surface area contributed by atoms with Crippen LogP contribution < -0.4 is 15.4 Å². The highest BCUT2D eigenvalue weighted by atomic mass is 19.1. The van der Waals surface area contributed by atoms with Gasteiger partial charge in [-0.1, -0.05) is 18.2 Å². The van der Waals surface area contributed by atoms with Gasteiger partial charge < -0.3 is 20.1 Å². The van der Waals surface area contributed by atoms with Gasteiger partial charge in [0.15, 0.2) is 5.82 Å². The molecule has 0 aliphatic carbocycles. The summed E-state index contributed by atoms with van der Waals surface area (Å²) in [5.41, 5.74) is 5.77. The monoisotopic (exact) mass is 557 g/mol. The topological polar surface area (TPSA) is 99.0 Å². The summed E-state index contributed by atoms with van der Waals surface area (Å²) in [6.45, 7) is 5.54. The molecule has 3 aromatic heterocycles. The Bertz CT molecular complexity index is 1730. The van der Waals surface area contributed by atoms with Crippen molar-refractivity contribution in [2.75, 3.05) is 25.6 Å². The summed E-state index contributed by atoms with van der Waals surface area (Å²) >= 11 is 0. The van der Waals surface area contributed by atoms with Gasteiger partial charge >= 0.3 is 0 Å². The van der Waals surface area contributed by atoms with Crippen LogP contribution in [0.5, 0.6) is 5.75 Å². The Balaban J connectivity index is 1.39. The number of benzene rings is 2. The van der Waals surface area contributed by atoms with E-state index in [1.54, 1.807) is 4.68 Å². The minimum atomic E-state index is -0.715. The normalized spacial score (nSPS) is 12.6. The zero-order valence-electron chi connectivity index (χ0n) is 23.0. The van der Waals surface area contributed by atoms with Gasteiger partial charge in [-0.05, 0) is 31.5 Å². The van der Waals surface area contributed by atoms with Crippen LogP contribution in [-0.2, 0) is 24.4 Å². The van der Waals surface area contributed by atoms with Crippen LogP contribution >= 0.6 is 0 Å². The van der Waals surface area contributed by atoms with Gasteiger partial charge in [0.05, 0.1) is 24.4 Å². The number of nitrogens with zero attached hydrogens (tertiary/aromatic N) is 5. The van der Waals surface area contributed by atoms with Crippen molar-refractivity contribution in [2.45, 2.75) is 33.5 Å². The molecule has 2 N–H and O–H groups in total. The molecule has 0 spiro atoms. The van der Waals surface area contributed by atoms with Gasteiger partial charge in [0.1, 0.15) is 35.5 Å². The Hall–Kier alpha value is -4.48. The minimum Gasteiger partial charge on any atom is -0.491 e. The number of ether oxygens (including phenoxy) is 2. The minimum absolute atomic E-state index is 0.103. The number of fused-ring (bicyclic) bond motifs is 2. The second-order valence-corrected chi connectivity index (χ2v) is 9.92. The third-order valence-corrected chi connectivity index (χ3v) is 7.03. The number of nitrogens with one attached hydrogen (secondary N) is 2. The Morgan fingerprint density at radius 2 is 1.83 bits per heavy atom. The van der Waals surface area contributed by atoms with Gasteiger partial charge in [-0.3, -0.25) is 9.67 Å². The fourth-order valence-corrected chi connectivity index (χ4v) is 4.89. The molecule has 41 heavy (non-hydrogen) atoms. The molecule has 9 nitrogen and oxygen atoms in total. The molecule has 0 saturated carbocycles. The third-order valence-electron chi connectivity index (χ3n) is 7.03. The van der Waals surface area contributed by atoms with Crippen LogP contribution in [0.4, 0.5) is 20.3 Å². The Morgan fingerprint density at radius 1 is 1.02 bits per heavy atom. The lowest BCUT2D eigenvalue weighted by Crippen LogP contribution is -2.09. The number of hydrogen-bond donors (Lipinski definition) is 2. The van der Waals surface area contributed by atoms with E-state index in [9.17, 15) is 0 Å². The first-order chi connectivity index (χ1) is 19.9. The van der Waals surface area contributed by atoms with Crippen LogP contribution in [-0.4, -0.2) is 45.1 Å². The van der Waals surface area contributed by atoms with E-state index in [4.69, 9.17) is 24.5 Å². The number of para-hydroxylation sites is 1. The number of methoxy groups -OCH3 is 1. The lowest BCUT2D eigenvalue weighted by molar-refractivity contribution is 0.146. The molecule has 0 unspecified atom stereocenters. The van der Waals surface area contributed by atoms with Gasteiger partial charge in [-0.2, -0.15) is 5.10 Å². The van der Waals surface area contributed by atoms with E-state index in [-0.39, 0.29) is 24.5 Å². The lowest BCUT2D eigenvalue weighted by Gasteiger charge is -2.13. The number of hydrogen-bond acceptors (Lipinski definition) is 8. The number of anilines is 2. The van der Waals surface area contributed by atoms with Crippen molar-refractivity contribution >= 4 is 22.4 Å². The SMILES string of the molecule is COCCOc1cc(F)c(Cn2nc(-c3nc4c(c(Nc5cc(C)ncc5C)n3)CNC4)c3ccccc32)c(F)c1. The van der Waals surface area contributed by atoms with Crippen molar-refractivity contribution < 1.29 is 18.3 Å². The molecule has 5 aromatic rings. The molecular formula is C30H29F2N7O2. The maximum Gasteiger partial charge on any atom is 0.183 e. The summed E-state index contributed by atoms with van der Waals surface area (Å²) in [7, 11) is 1.53. The van der Waals surface area contributed by atoms with E-state index in [1.165, 1.54) is 19.2 Å². The zero-order chi connectivity index (χ0) is 28.5. The summed E-state index contributed by atoms with van der Waals surface area (Å²) in [5, 5.41) is 12.4. The second kappa shape index (κ2) is 11.2. The molecule has 1 aliphatic rings. The van der Waals surface area contributed by atoms with Crippen LogP contribution in [0, 0.1) is 25.5 Å². The van der Waals surface area contributed by atoms with Crippen LogP contribution in [0.15, 0.2) is 48.7 Å². The number of pyridine rings is 1. The molecule has 11 heteroatoms. The Labute approximate surface area is 235 Å². The highest BCUT2D eigenvalue weighted by Crippen LogP contribution is 2.32. The van der Waals surface area contributed by atoms with E-state index in [1.807, 2.05) is 50.4 Å². The lowest BCUT2D eigenvalue weighted by atomic mass is 10.1. The highest BCUT2D eigenvalue weighted by molar-refractivity contribution is 5.92. The number of aromatic nitrogens is 5. The average molecular weight is 558 g/mol. The molecule has 0 atom stereocenters. The maximum atomic E-state index is 15.1. The molecule has 2 aromatic carbocycles. The van der Waals surface area contributed by atoms with E-state index in [0.717, 1.165) is 33.6 Å². The molecule has 6 rings (SSSR count). The molecule has 1 aliphatic heterocycles. The fraction of sp³-hybridized carbons (Fsp3) is 0.267. The zero-order valence-corrected chi connectivity index (χ0v) is 23.0. The van der Waals surface area contributed by atoms with E-state index in [0.29, 0.717) is 42.5 Å². The van der Waals surface area contributed by atoms with Crippen LogP contribution in [0.1, 0.15) is 28.1 Å². The molecule has 0 fully saturated rings. The first-order valence-corrected chi connectivity index (χ1v) is 13.3. The fourth-order valence-electron chi connectivity index (χ4n) is 4.89. The highest BCUT2D eigenvalue weighted by Gasteiger charge is 2.24. The van der Waals surface area contributed by atoms with Crippen molar-refractivity contribution in [3.63, 3.8) is 0 Å². The van der Waals surface area contributed by atoms with Crippen molar-refractivity contribution in [1.82, 2.24) is 30.0 Å². The maximum absolute atomic E-state index is 15.1. The average Bonchev–Trinajstić information content (AvgIpc) is 3.58. The number of aryl methyl sites for hydroxylation is 2. The molecule has 0 bridgehead atoms. The predicted octanol–water partition coefficient (Wildman–Crippen LogP) is 5.20. The quantitative estimate of drug-likeness (QED) is 0.239. The number of rotatable bonds is 9. The van der Waals surface area contributed by atoms with E-state index < -0.39 is 11.6 Å². The van der Waals surface area contributed by atoms with Crippen molar-refractivity contribution in [3.05, 3.63) is 88.4 Å². The van der Waals surface area contributed by atoms with Crippen LogP contribution in [0.2, 0.25) is 0 Å². The predicted molar refractivity (Wildman–Crippen MR) is 151 cm³/mol. The van der Waals surface area contributed by atoms with Crippen molar-refractivity contribution in [2.24, 2.45) is 0 Å². The van der Waals surface area contributed by atoms with E-state index in [2.05, 4.69) is 15.6 Å². The molecule has 0 radical (unpaired) electrons. The Kier molecular flexibility index (Phi) is 7.29. The molecule has 210 valence electrons. The second-order valence-electron chi connectivity index (χ2n) is 9.92. The summed E-state index contributed by atoms with van der Waals surface area (Å²) in [4.78, 5) is 14.1.